The van der Waals surface area contributed by atoms with E-state index in [4.69, 9.17) is 23.7 Å². The Balaban J connectivity index is 2.72. The summed E-state index contributed by atoms with van der Waals surface area (Å²) >= 11 is 0. The molecule has 1 rings (SSSR count). The van der Waals surface area contributed by atoms with Crippen LogP contribution in [0.15, 0.2) is 72.9 Å². The summed E-state index contributed by atoms with van der Waals surface area (Å²) in [6.07, 6.45) is 54.7. The number of carboxylic acids is 1. The van der Waals surface area contributed by atoms with Gasteiger partial charge in [0.1, 0.15) is 18.8 Å². The van der Waals surface area contributed by atoms with Crippen LogP contribution in [0.1, 0.15) is 265 Å². The second kappa shape index (κ2) is 52.8. The number of carbonyl (C=O) groups excluding carboxylic acids is 3. The van der Waals surface area contributed by atoms with E-state index in [1.54, 1.807) is 6.08 Å². The average Bonchev–Trinajstić information content (AvgIpc) is 3.42. The van der Waals surface area contributed by atoms with Gasteiger partial charge < -0.3 is 39.0 Å². The van der Waals surface area contributed by atoms with Crippen molar-refractivity contribution in [3.8, 4) is 0 Å². The molecule has 0 aromatic rings. The molecule has 0 saturated carbocycles. The Kier molecular flexibility index (Phi) is 48.8. The fourth-order valence-corrected chi connectivity index (χ4v) is 9.08. The molecule has 6 unspecified atom stereocenters. The van der Waals surface area contributed by atoms with E-state index in [0.717, 1.165) is 89.9 Å². The number of ether oxygens (including phenoxy) is 5. The number of carboxylic acid groups (broad SMARTS) is 1. The van der Waals surface area contributed by atoms with Gasteiger partial charge in [-0.05, 0) is 70.6 Å². The van der Waals surface area contributed by atoms with Crippen LogP contribution in [0.5, 0.6) is 0 Å². The van der Waals surface area contributed by atoms with Crippen LogP contribution < -0.4 is 0 Å². The van der Waals surface area contributed by atoms with Gasteiger partial charge in [0.05, 0.1) is 13.0 Å². The first-order valence-corrected chi connectivity index (χ1v) is 30.9. The van der Waals surface area contributed by atoms with Gasteiger partial charge in [-0.3, -0.25) is 14.4 Å². The Morgan fingerprint density at radius 2 is 0.857 bits per heavy atom. The second-order valence-corrected chi connectivity index (χ2v) is 21.0. The molecule has 1 heterocycles. The lowest BCUT2D eigenvalue weighted by Crippen LogP contribution is -2.61. The molecule has 0 amide bonds. The quantitative estimate of drug-likeness (QED) is 0.0228. The van der Waals surface area contributed by atoms with E-state index in [1.165, 1.54) is 116 Å². The first-order valence-electron chi connectivity index (χ1n) is 30.9. The molecule has 0 aromatic heterocycles. The van der Waals surface area contributed by atoms with Crippen molar-refractivity contribution in [2.75, 3.05) is 13.2 Å². The molecule has 0 radical (unpaired) electrons. The minimum absolute atomic E-state index is 0.0163. The molecule has 77 heavy (non-hydrogen) atoms. The summed E-state index contributed by atoms with van der Waals surface area (Å²) in [5, 5.41) is 31.5. The zero-order chi connectivity index (χ0) is 56.1. The highest BCUT2D eigenvalue weighted by Gasteiger charge is 2.50. The number of aliphatic carboxylic acids is 1. The molecule has 1 aliphatic rings. The van der Waals surface area contributed by atoms with Gasteiger partial charge in [0.15, 0.2) is 24.6 Å². The van der Waals surface area contributed by atoms with Crippen LogP contribution in [-0.4, -0.2) is 89.2 Å². The van der Waals surface area contributed by atoms with Gasteiger partial charge in [0.25, 0.3) is 0 Å². The fourth-order valence-electron chi connectivity index (χ4n) is 9.08. The van der Waals surface area contributed by atoms with Gasteiger partial charge in [0, 0.05) is 12.8 Å². The molecule has 0 bridgehead atoms. The third kappa shape index (κ3) is 42.7. The standard InChI is InChI=1S/C65H110O12/c1-4-7-10-13-16-19-22-25-28-29-32-35-38-41-44-47-50-53-59(68)76-63-61(70)60(69)62(64(71)72)77-65(63)74-55-56(75-58(67)52-49-46-43-40-37-34-31-27-24-21-18-15-12-9-6-3)54-73-57(66)51-48-45-42-39-36-33-30-26-23-20-17-14-11-8-5-2/h8,11,17,20,26-27,30-31,36,39,45,48,56,60-63,65,69-70H,4-7,9-10,12-16,18-19,21-25,28-29,32-35,37-38,40-44,46-47,49-55H2,1-3H3,(H,71,72)/b11-8-,20-17-,30-26-,31-27-,39-36-,48-45-. The van der Waals surface area contributed by atoms with Gasteiger partial charge >= 0.3 is 23.9 Å². The van der Waals surface area contributed by atoms with Crippen LogP contribution in [0.2, 0.25) is 0 Å². The zero-order valence-electron chi connectivity index (χ0n) is 48.7. The van der Waals surface area contributed by atoms with Crippen LogP contribution >= 0.6 is 0 Å². The van der Waals surface area contributed by atoms with Crippen LogP contribution in [0, 0.1) is 0 Å². The molecule has 0 spiro atoms. The van der Waals surface area contributed by atoms with Crippen LogP contribution in [0.25, 0.3) is 0 Å². The smallest absolute Gasteiger partial charge is 0.335 e. The molecule has 12 heteroatoms. The number of esters is 3. The SMILES string of the molecule is CC/C=C\C/C=C\C/C=C\C/C=C\C/C=C\CC(=O)OCC(COC1OC(C(=O)O)C(O)C(O)C1OC(=O)CCCCCCCCCCCCCCCCCCC)OC(=O)CCCCCCC/C=C\CCCCCCCC. The van der Waals surface area contributed by atoms with Crippen LogP contribution in [0.4, 0.5) is 0 Å². The highest BCUT2D eigenvalue weighted by atomic mass is 16.7. The van der Waals surface area contributed by atoms with Gasteiger partial charge in [-0.2, -0.15) is 0 Å². The van der Waals surface area contributed by atoms with Crippen molar-refractivity contribution in [2.24, 2.45) is 0 Å². The monoisotopic (exact) mass is 1080 g/mol. The number of aliphatic hydroxyl groups excluding tert-OH is 2. The summed E-state index contributed by atoms with van der Waals surface area (Å²) in [5.41, 5.74) is 0. The summed E-state index contributed by atoms with van der Waals surface area (Å²) < 4.78 is 28.3. The molecule has 0 aromatic carbocycles. The Morgan fingerprint density at radius 3 is 1.30 bits per heavy atom. The van der Waals surface area contributed by atoms with E-state index >= 15 is 0 Å². The average molecular weight is 1080 g/mol. The third-order valence-corrected chi connectivity index (χ3v) is 13.8. The first-order chi connectivity index (χ1) is 37.6. The lowest BCUT2D eigenvalue weighted by Gasteiger charge is -2.40. The maximum Gasteiger partial charge on any atom is 0.335 e. The van der Waals surface area contributed by atoms with Crippen molar-refractivity contribution >= 4 is 23.9 Å². The largest absolute Gasteiger partial charge is 0.479 e. The number of allylic oxidation sites excluding steroid dienone is 11. The number of carbonyl (C=O) groups is 4. The third-order valence-electron chi connectivity index (χ3n) is 13.8. The Morgan fingerprint density at radius 1 is 0.455 bits per heavy atom. The minimum Gasteiger partial charge on any atom is -0.479 e. The van der Waals surface area contributed by atoms with Gasteiger partial charge in [0.2, 0.25) is 0 Å². The number of hydrogen-bond acceptors (Lipinski definition) is 11. The highest BCUT2D eigenvalue weighted by Crippen LogP contribution is 2.26. The minimum atomic E-state index is -1.91. The molecule has 1 saturated heterocycles. The van der Waals surface area contributed by atoms with Crippen molar-refractivity contribution < 1.29 is 58.2 Å². The van der Waals surface area contributed by atoms with E-state index in [9.17, 15) is 34.5 Å². The maximum absolute atomic E-state index is 13.1. The van der Waals surface area contributed by atoms with E-state index < -0.39 is 67.3 Å². The van der Waals surface area contributed by atoms with Gasteiger partial charge in [-0.15, -0.1) is 0 Å². The predicted octanol–water partition coefficient (Wildman–Crippen LogP) is 16.1. The highest BCUT2D eigenvalue weighted by molar-refractivity contribution is 5.74. The molecule has 442 valence electrons. The fraction of sp³-hybridized carbons (Fsp3) is 0.754. The summed E-state index contributed by atoms with van der Waals surface area (Å²) in [4.78, 5) is 51.1. The zero-order valence-corrected chi connectivity index (χ0v) is 48.7. The van der Waals surface area contributed by atoms with Crippen LogP contribution in [0.3, 0.4) is 0 Å². The van der Waals surface area contributed by atoms with Crippen molar-refractivity contribution in [1.29, 1.82) is 0 Å². The number of unbranched alkanes of at least 4 members (excludes halogenated alkanes) is 27. The second-order valence-electron chi connectivity index (χ2n) is 21.0. The topological polar surface area (TPSA) is 175 Å². The van der Waals surface area contributed by atoms with E-state index in [1.807, 2.05) is 12.2 Å². The number of aliphatic hydroxyl groups is 2. The van der Waals surface area contributed by atoms with Crippen LogP contribution in [-0.2, 0) is 42.9 Å². The normalized spacial score (nSPS) is 18.5. The van der Waals surface area contributed by atoms with Crippen molar-refractivity contribution in [2.45, 2.75) is 302 Å². The first kappa shape index (κ1) is 71.2. The molecular weight excluding hydrogens is 973 g/mol. The van der Waals surface area contributed by atoms with E-state index in [2.05, 4.69) is 75.5 Å². The molecule has 1 fully saturated rings. The Bertz CT molecular complexity index is 1620. The summed E-state index contributed by atoms with van der Waals surface area (Å²) in [7, 11) is 0. The lowest BCUT2D eigenvalue weighted by molar-refractivity contribution is -0.301. The lowest BCUT2D eigenvalue weighted by atomic mass is 9.98. The molecule has 3 N–H and O–H groups in total. The molecule has 12 nitrogen and oxygen atoms in total. The van der Waals surface area contributed by atoms with E-state index in [0.29, 0.717) is 19.3 Å². The predicted molar refractivity (Wildman–Crippen MR) is 312 cm³/mol. The van der Waals surface area contributed by atoms with Crippen molar-refractivity contribution in [3.63, 3.8) is 0 Å². The molecule has 0 aliphatic carbocycles. The maximum atomic E-state index is 13.1. The molecule has 1 aliphatic heterocycles. The summed E-state index contributed by atoms with van der Waals surface area (Å²) in [6, 6.07) is 0. The summed E-state index contributed by atoms with van der Waals surface area (Å²) in [5.74, 6) is -3.28. The molecular formula is C65H110O12. The Labute approximate surface area is 468 Å². The summed E-state index contributed by atoms with van der Waals surface area (Å²) in [6.45, 7) is 5.80. The van der Waals surface area contributed by atoms with Crippen molar-refractivity contribution in [1.82, 2.24) is 0 Å². The Hall–Kier alpha value is -3.84. The van der Waals surface area contributed by atoms with Gasteiger partial charge in [-0.25, -0.2) is 4.79 Å². The van der Waals surface area contributed by atoms with E-state index in [-0.39, 0.29) is 25.9 Å². The number of hydrogen-bond donors (Lipinski definition) is 3. The number of rotatable bonds is 52. The molecule has 6 atom stereocenters. The van der Waals surface area contributed by atoms with Gasteiger partial charge in [-0.1, -0.05) is 248 Å². The van der Waals surface area contributed by atoms with Crippen molar-refractivity contribution in [3.05, 3.63) is 72.9 Å².